The van der Waals surface area contributed by atoms with Crippen LogP contribution in [0.1, 0.15) is 31.1 Å². The monoisotopic (exact) mass is 334 g/mol. The van der Waals surface area contributed by atoms with Crippen LogP contribution >= 0.6 is 23.2 Å². The number of nitrogens with one attached hydrogen (secondary N) is 2. The Hall–Kier alpha value is -2.37. The first kappa shape index (κ1) is 14.6. The van der Waals surface area contributed by atoms with Gasteiger partial charge >= 0.3 is 0 Å². The minimum Gasteiger partial charge on any atom is -0.322 e. The quantitative estimate of drug-likeness (QED) is 0.828. The zero-order chi connectivity index (χ0) is 15.9. The van der Waals surface area contributed by atoms with Crippen molar-refractivity contribution >= 4 is 46.6 Å². The molecular formula is C15H8Cl2N2O3. The van der Waals surface area contributed by atoms with E-state index >= 15 is 0 Å². The second-order valence-corrected chi connectivity index (χ2v) is 5.53. The molecule has 0 bridgehead atoms. The average Bonchev–Trinajstić information content (AvgIpc) is 2.72. The van der Waals surface area contributed by atoms with Crippen LogP contribution in [0.2, 0.25) is 10.0 Å². The highest BCUT2D eigenvalue weighted by Crippen LogP contribution is 2.22. The minimum absolute atomic E-state index is 0.229. The number of hydrogen-bond acceptors (Lipinski definition) is 3. The molecule has 0 saturated carbocycles. The van der Waals surface area contributed by atoms with Crippen LogP contribution in [0.5, 0.6) is 0 Å². The predicted molar refractivity (Wildman–Crippen MR) is 82.7 cm³/mol. The summed E-state index contributed by atoms with van der Waals surface area (Å²) in [7, 11) is 0. The highest BCUT2D eigenvalue weighted by molar-refractivity contribution is 6.35. The number of halogens is 2. The molecule has 0 saturated heterocycles. The molecular weight excluding hydrogens is 327 g/mol. The Labute approximate surface area is 135 Å². The van der Waals surface area contributed by atoms with Gasteiger partial charge < -0.3 is 5.32 Å². The average molecular weight is 335 g/mol. The summed E-state index contributed by atoms with van der Waals surface area (Å²) in [4.78, 5) is 35.2. The smallest absolute Gasteiger partial charge is 0.259 e. The van der Waals surface area contributed by atoms with Crippen molar-refractivity contribution in [2.75, 3.05) is 5.32 Å². The van der Waals surface area contributed by atoms with E-state index in [2.05, 4.69) is 10.6 Å². The SMILES string of the molecule is O=C(Nc1ccc2c(c1)C(=O)NC2=O)c1cc(Cl)cc(Cl)c1. The van der Waals surface area contributed by atoms with Crippen LogP contribution in [0.4, 0.5) is 5.69 Å². The van der Waals surface area contributed by atoms with Crippen LogP contribution in [-0.4, -0.2) is 17.7 Å². The van der Waals surface area contributed by atoms with Crippen LogP contribution in [-0.2, 0) is 0 Å². The Morgan fingerprint density at radius 1 is 0.909 bits per heavy atom. The van der Waals surface area contributed by atoms with Gasteiger partial charge in [0, 0.05) is 21.3 Å². The lowest BCUT2D eigenvalue weighted by Gasteiger charge is -2.07. The summed E-state index contributed by atoms with van der Waals surface area (Å²) < 4.78 is 0. The summed E-state index contributed by atoms with van der Waals surface area (Å²) in [5.41, 5.74) is 1.20. The molecule has 110 valence electrons. The molecule has 22 heavy (non-hydrogen) atoms. The van der Waals surface area contributed by atoms with Gasteiger partial charge in [0.1, 0.15) is 0 Å². The number of carbonyl (C=O) groups excluding carboxylic acids is 3. The zero-order valence-corrected chi connectivity index (χ0v) is 12.5. The van der Waals surface area contributed by atoms with Crippen LogP contribution < -0.4 is 10.6 Å². The lowest BCUT2D eigenvalue weighted by Crippen LogP contribution is -2.19. The van der Waals surface area contributed by atoms with Gasteiger partial charge in [-0.3, -0.25) is 19.7 Å². The van der Waals surface area contributed by atoms with Gasteiger partial charge in [-0.1, -0.05) is 23.2 Å². The molecule has 0 atom stereocenters. The molecule has 0 spiro atoms. The van der Waals surface area contributed by atoms with Crippen LogP contribution in [0.3, 0.4) is 0 Å². The van der Waals surface area contributed by atoms with Crippen molar-refractivity contribution in [3.05, 3.63) is 63.1 Å². The molecule has 1 aliphatic rings. The molecule has 2 aromatic carbocycles. The first-order chi connectivity index (χ1) is 10.4. The number of carbonyl (C=O) groups is 3. The molecule has 0 aromatic heterocycles. The van der Waals surface area contributed by atoms with Gasteiger partial charge in [-0.2, -0.15) is 0 Å². The normalized spacial score (nSPS) is 12.8. The van der Waals surface area contributed by atoms with E-state index in [0.717, 1.165) is 0 Å². The maximum atomic E-state index is 12.2. The third-order valence-electron chi connectivity index (χ3n) is 3.12. The van der Waals surface area contributed by atoms with E-state index in [4.69, 9.17) is 23.2 Å². The molecule has 3 amide bonds. The summed E-state index contributed by atoms with van der Waals surface area (Å²) in [5, 5.41) is 5.50. The summed E-state index contributed by atoms with van der Waals surface area (Å²) >= 11 is 11.7. The molecule has 0 aliphatic carbocycles. The van der Waals surface area contributed by atoms with Crippen molar-refractivity contribution in [1.82, 2.24) is 5.32 Å². The molecule has 3 rings (SSSR count). The minimum atomic E-state index is -0.484. The van der Waals surface area contributed by atoms with Gasteiger partial charge in [0.2, 0.25) is 0 Å². The Morgan fingerprint density at radius 2 is 1.55 bits per heavy atom. The van der Waals surface area contributed by atoms with E-state index in [1.54, 1.807) is 6.07 Å². The Kier molecular flexibility index (Phi) is 3.60. The van der Waals surface area contributed by atoms with Crippen molar-refractivity contribution in [3.8, 4) is 0 Å². The van der Waals surface area contributed by atoms with Gasteiger partial charge in [0.05, 0.1) is 11.1 Å². The van der Waals surface area contributed by atoms with Gasteiger partial charge in [-0.15, -0.1) is 0 Å². The maximum absolute atomic E-state index is 12.2. The maximum Gasteiger partial charge on any atom is 0.259 e. The summed E-state index contributed by atoms with van der Waals surface area (Å²) in [6.45, 7) is 0. The van der Waals surface area contributed by atoms with E-state index in [0.29, 0.717) is 21.3 Å². The second-order valence-electron chi connectivity index (χ2n) is 4.66. The molecule has 7 heteroatoms. The summed E-state index contributed by atoms with van der Waals surface area (Å²) in [6.07, 6.45) is 0. The first-order valence-corrected chi connectivity index (χ1v) is 6.97. The molecule has 0 unspecified atom stereocenters. The number of benzene rings is 2. The molecule has 2 N–H and O–H groups in total. The van der Waals surface area contributed by atoms with E-state index in [1.165, 1.54) is 30.3 Å². The largest absolute Gasteiger partial charge is 0.322 e. The first-order valence-electron chi connectivity index (χ1n) is 6.21. The lowest BCUT2D eigenvalue weighted by atomic mass is 10.1. The van der Waals surface area contributed by atoms with Crippen LogP contribution in [0, 0.1) is 0 Å². The van der Waals surface area contributed by atoms with Crippen molar-refractivity contribution in [1.29, 1.82) is 0 Å². The van der Waals surface area contributed by atoms with Crippen molar-refractivity contribution in [2.45, 2.75) is 0 Å². The fourth-order valence-electron chi connectivity index (χ4n) is 2.13. The van der Waals surface area contributed by atoms with Crippen molar-refractivity contribution in [3.63, 3.8) is 0 Å². The zero-order valence-electron chi connectivity index (χ0n) is 10.9. The van der Waals surface area contributed by atoms with E-state index in [9.17, 15) is 14.4 Å². The van der Waals surface area contributed by atoms with Gasteiger partial charge in [0.25, 0.3) is 17.7 Å². The van der Waals surface area contributed by atoms with Crippen LogP contribution in [0.25, 0.3) is 0 Å². The van der Waals surface area contributed by atoms with E-state index in [1.807, 2.05) is 0 Å². The lowest BCUT2D eigenvalue weighted by molar-refractivity contribution is 0.0878. The number of rotatable bonds is 2. The third kappa shape index (κ3) is 2.68. The number of hydrogen-bond donors (Lipinski definition) is 2. The van der Waals surface area contributed by atoms with Crippen molar-refractivity contribution in [2.24, 2.45) is 0 Å². The Morgan fingerprint density at radius 3 is 2.23 bits per heavy atom. The number of anilines is 1. The highest BCUT2D eigenvalue weighted by atomic mass is 35.5. The predicted octanol–water partition coefficient (Wildman–Crippen LogP) is 3.13. The van der Waals surface area contributed by atoms with Gasteiger partial charge in [-0.05, 0) is 36.4 Å². The number of amides is 3. The van der Waals surface area contributed by atoms with Gasteiger partial charge in [-0.25, -0.2) is 0 Å². The summed E-state index contributed by atoms with van der Waals surface area (Å²) in [6, 6.07) is 8.95. The molecule has 1 heterocycles. The standard InChI is InChI=1S/C15H8Cl2N2O3/c16-8-3-7(4-9(17)5-8)13(20)18-10-1-2-11-12(6-10)15(22)19-14(11)21/h1-6H,(H,18,20)(H,19,21,22). The van der Waals surface area contributed by atoms with E-state index in [-0.39, 0.29) is 11.1 Å². The highest BCUT2D eigenvalue weighted by Gasteiger charge is 2.26. The van der Waals surface area contributed by atoms with E-state index < -0.39 is 17.7 Å². The van der Waals surface area contributed by atoms with Gasteiger partial charge in [0.15, 0.2) is 0 Å². The molecule has 0 radical (unpaired) electrons. The van der Waals surface area contributed by atoms with Crippen molar-refractivity contribution < 1.29 is 14.4 Å². The summed E-state index contributed by atoms with van der Waals surface area (Å²) in [5.74, 6) is -1.35. The molecule has 5 nitrogen and oxygen atoms in total. The second kappa shape index (κ2) is 5.44. The molecule has 2 aromatic rings. The molecule has 0 fully saturated rings. The third-order valence-corrected chi connectivity index (χ3v) is 3.55. The fraction of sp³-hybridized carbons (Fsp3) is 0. The topological polar surface area (TPSA) is 75.3 Å². The van der Waals surface area contributed by atoms with Crippen LogP contribution in [0.15, 0.2) is 36.4 Å². The molecule has 1 aliphatic heterocycles. The fourth-order valence-corrected chi connectivity index (χ4v) is 2.66. The Bertz CT molecular complexity index is 813. The Balaban J connectivity index is 1.87. The number of imide groups is 1. The number of fused-ring (bicyclic) bond motifs is 1.